The zero-order valence-corrected chi connectivity index (χ0v) is 15.3. The van der Waals surface area contributed by atoms with E-state index >= 15 is 0 Å². The minimum absolute atomic E-state index is 0.116. The molecule has 3 heterocycles. The topological polar surface area (TPSA) is 49.0 Å². The number of hydrogen-bond donors (Lipinski definition) is 1. The van der Waals surface area contributed by atoms with Gasteiger partial charge in [0.05, 0.1) is 0 Å². The van der Waals surface area contributed by atoms with Gasteiger partial charge < -0.3 is 9.88 Å². The van der Waals surface area contributed by atoms with Crippen LogP contribution >= 0.6 is 0 Å². The van der Waals surface area contributed by atoms with Gasteiger partial charge in [0.2, 0.25) is 0 Å². The van der Waals surface area contributed by atoms with Crippen LogP contribution in [0.25, 0.3) is 0 Å². The maximum Gasteiger partial charge on any atom is 0.270 e. The molecule has 0 saturated carbocycles. The van der Waals surface area contributed by atoms with Gasteiger partial charge >= 0.3 is 0 Å². The summed E-state index contributed by atoms with van der Waals surface area (Å²) in [5.41, 5.74) is 5.07. The summed E-state index contributed by atoms with van der Waals surface area (Å²) in [6.45, 7) is 1.62. The minimum Gasteiger partial charge on any atom is -0.357 e. The van der Waals surface area contributed by atoms with E-state index in [0.717, 1.165) is 32.4 Å². The van der Waals surface area contributed by atoms with Gasteiger partial charge in [-0.05, 0) is 59.6 Å². The molecule has 0 bridgehead atoms. The number of aromatic amines is 1. The molecule has 4 nitrogen and oxygen atoms in total. The summed E-state index contributed by atoms with van der Waals surface area (Å²) in [4.78, 5) is 22.1. The fourth-order valence-electron chi connectivity index (χ4n) is 5.02. The molecule has 1 aliphatic heterocycles. The molecular formula is C23H23N3O. The number of carbonyl (C=O) groups is 1. The lowest BCUT2D eigenvalue weighted by Crippen LogP contribution is -2.44. The number of piperidine rings is 1. The van der Waals surface area contributed by atoms with E-state index in [9.17, 15) is 4.79 Å². The number of benzene rings is 1. The number of aromatic nitrogens is 2. The first-order valence-electron chi connectivity index (χ1n) is 9.69. The van der Waals surface area contributed by atoms with Crippen LogP contribution in [0.5, 0.6) is 0 Å². The van der Waals surface area contributed by atoms with Crippen molar-refractivity contribution in [2.24, 2.45) is 0 Å². The highest BCUT2D eigenvalue weighted by Gasteiger charge is 2.46. The van der Waals surface area contributed by atoms with Gasteiger partial charge in [0.1, 0.15) is 5.69 Å². The van der Waals surface area contributed by atoms with Gasteiger partial charge in [-0.3, -0.25) is 9.78 Å². The third kappa shape index (κ3) is 2.67. The normalized spacial score (nSPS) is 20.6. The molecule has 2 aromatic heterocycles. The number of fused-ring (bicyclic) bond motifs is 2. The zero-order valence-electron chi connectivity index (χ0n) is 15.3. The van der Waals surface area contributed by atoms with Crippen LogP contribution < -0.4 is 0 Å². The number of amides is 1. The first-order valence-corrected chi connectivity index (χ1v) is 9.69. The van der Waals surface area contributed by atoms with Crippen LogP contribution in [0.1, 0.15) is 52.4 Å². The number of likely N-dealkylation sites (tertiary alicyclic amines) is 1. The second kappa shape index (κ2) is 6.38. The zero-order chi connectivity index (χ0) is 18.3. The Morgan fingerprint density at radius 2 is 1.93 bits per heavy atom. The maximum atomic E-state index is 12.7. The number of hydrogen-bond acceptors (Lipinski definition) is 2. The highest BCUT2D eigenvalue weighted by atomic mass is 16.2. The fraction of sp³-hybridized carbons (Fsp3) is 0.304. The van der Waals surface area contributed by atoms with E-state index in [-0.39, 0.29) is 11.3 Å². The summed E-state index contributed by atoms with van der Waals surface area (Å²) < 4.78 is 0. The SMILES string of the molecule is O=C(c1ccc[nH]1)N1CCC2(CC1)C[C@H](c1cccnc1)c1ccccc12. The number of H-pyrrole nitrogens is 1. The van der Waals surface area contributed by atoms with Crippen LogP contribution in [-0.2, 0) is 5.41 Å². The van der Waals surface area contributed by atoms with Gasteiger partial charge in [0, 0.05) is 37.6 Å². The standard InChI is InChI=1S/C23H23N3O/c27-22(21-8-4-12-25-21)26-13-9-23(10-14-26)15-19(17-5-3-11-24-16-17)18-6-1-2-7-20(18)23/h1-8,11-12,16,19,25H,9-10,13-15H2/t19-/m1/s1. The molecule has 1 atom stereocenters. The van der Waals surface area contributed by atoms with Crippen molar-refractivity contribution in [3.05, 3.63) is 89.5 Å². The largest absolute Gasteiger partial charge is 0.357 e. The van der Waals surface area contributed by atoms with E-state index in [1.54, 1.807) is 0 Å². The van der Waals surface area contributed by atoms with Crippen LogP contribution in [0, 0.1) is 0 Å². The van der Waals surface area contributed by atoms with Crippen molar-refractivity contribution in [3.8, 4) is 0 Å². The summed E-state index contributed by atoms with van der Waals surface area (Å²) >= 11 is 0. The lowest BCUT2D eigenvalue weighted by molar-refractivity contribution is 0.0659. The molecule has 5 rings (SSSR count). The molecule has 3 aromatic rings. The summed E-state index contributed by atoms with van der Waals surface area (Å²) in [5.74, 6) is 0.519. The van der Waals surface area contributed by atoms with Crippen molar-refractivity contribution in [2.45, 2.75) is 30.6 Å². The highest BCUT2D eigenvalue weighted by molar-refractivity contribution is 5.92. The molecule has 1 N–H and O–H groups in total. The highest BCUT2D eigenvalue weighted by Crippen LogP contribution is 2.53. The van der Waals surface area contributed by atoms with E-state index in [1.165, 1.54) is 16.7 Å². The van der Waals surface area contributed by atoms with E-state index in [1.807, 2.05) is 41.7 Å². The Morgan fingerprint density at radius 1 is 1.07 bits per heavy atom. The Kier molecular flexibility index (Phi) is 3.85. The smallest absolute Gasteiger partial charge is 0.270 e. The van der Waals surface area contributed by atoms with Crippen molar-refractivity contribution in [2.75, 3.05) is 13.1 Å². The van der Waals surface area contributed by atoms with Crippen LogP contribution in [0.15, 0.2) is 67.1 Å². The Morgan fingerprint density at radius 3 is 2.67 bits per heavy atom. The molecule has 1 saturated heterocycles. The average Bonchev–Trinajstić information content (AvgIpc) is 3.37. The Hall–Kier alpha value is -2.88. The van der Waals surface area contributed by atoms with E-state index in [2.05, 4.69) is 40.3 Å². The number of nitrogens with one attached hydrogen (secondary N) is 1. The van der Waals surface area contributed by atoms with Crippen LogP contribution in [0.2, 0.25) is 0 Å². The lowest BCUT2D eigenvalue weighted by Gasteiger charge is -2.40. The van der Waals surface area contributed by atoms with Gasteiger partial charge in [-0.25, -0.2) is 0 Å². The van der Waals surface area contributed by atoms with E-state index in [4.69, 9.17) is 0 Å². The van der Waals surface area contributed by atoms with Crippen molar-refractivity contribution in [3.63, 3.8) is 0 Å². The van der Waals surface area contributed by atoms with Crippen molar-refractivity contribution < 1.29 is 4.79 Å². The molecule has 1 spiro atoms. The molecule has 1 aromatic carbocycles. The number of pyridine rings is 1. The molecule has 1 aliphatic carbocycles. The van der Waals surface area contributed by atoms with Gasteiger partial charge in [-0.15, -0.1) is 0 Å². The van der Waals surface area contributed by atoms with Gasteiger partial charge in [0.15, 0.2) is 0 Å². The minimum atomic E-state index is 0.116. The molecular weight excluding hydrogens is 334 g/mol. The number of rotatable bonds is 2. The lowest BCUT2D eigenvalue weighted by atomic mass is 9.73. The third-order valence-electron chi connectivity index (χ3n) is 6.43. The molecule has 0 unspecified atom stereocenters. The quantitative estimate of drug-likeness (QED) is 0.750. The average molecular weight is 357 g/mol. The maximum absolute atomic E-state index is 12.7. The molecule has 0 radical (unpaired) electrons. The summed E-state index contributed by atoms with van der Waals surface area (Å²) in [5, 5.41) is 0. The first kappa shape index (κ1) is 16.3. The van der Waals surface area contributed by atoms with Crippen molar-refractivity contribution >= 4 is 5.91 Å². The van der Waals surface area contributed by atoms with Gasteiger partial charge in [-0.1, -0.05) is 30.3 Å². The van der Waals surface area contributed by atoms with Gasteiger partial charge in [0.25, 0.3) is 5.91 Å². The second-order valence-corrected chi connectivity index (χ2v) is 7.79. The molecule has 27 heavy (non-hydrogen) atoms. The van der Waals surface area contributed by atoms with Crippen LogP contribution in [0.3, 0.4) is 0 Å². The van der Waals surface area contributed by atoms with Gasteiger partial charge in [-0.2, -0.15) is 0 Å². The van der Waals surface area contributed by atoms with Crippen LogP contribution in [-0.4, -0.2) is 33.9 Å². The third-order valence-corrected chi connectivity index (χ3v) is 6.43. The Bertz CT molecular complexity index is 941. The molecule has 2 aliphatic rings. The number of nitrogens with zero attached hydrogens (tertiary/aromatic N) is 2. The summed E-state index contributed by atoms with van der Waals surface area (Å²) in [7, 11) is 0. The van der Waals surface area contributed by atoms with Crippen LogP contribution in [0.4, 0.5) is 0 Å². The summed E-state index contributed by atoms with van der Waals surface area (Å²) in [6, 6.07) is 16.8. The Balaban J connectivity index is 1.42. The van der Waals surface area contributed by atoms with E-state index < -0.39 is 0 Å². The Labute approximate surface area is 159 Å². The predicted molar refractivity (Wildman–Crippen MR) is 105 cm³/mol. The number of carbonyl (C=O) groups excluding carboxylic acids is 1. The molecule has 4 heteroatoms. The summed E-state index contributed by atoms with van der Waals surface area (Å²) in [6.07, 6.45) is 8.81. The van der Waals surface area contributed by atoms with Crippen molar-refractivity contribution in [1.29, 1.82) is 0 Å². The monoisotopic (exact) mass is 357 g/mol. The first-order chi connectivity index (χ1) is 13.3. The predicted octanol–water partition coefficient (Wildman–Crippen LogP) is 4.12. The molecule has 136 valence electrons. The van der Waals surface area contributed by atoms with Crippen molar-refractivity contribution in [1.82, 2.24) is 14.9 Å². The van der Waals surface area contributed by atoms with E-state index in [0.29, 0.717) is 11.6 Å². The molecule has 1 amide bonds. The fourth-order valence-corrected chi connectivity index (χ4v) is 5.02. The molecule has 1 fully saturated rings. The second-order valence-electron chi connectivity index (χ2n) is 7.79.